The molecule has 2 rings (SSSR count). The molecule has 0 unspecified atom stereocenters. The summed E-state index contributed by atoms with van der Waals surface area (Å²) in [5.41, 5.74) is 6.23. The Balaban J connectivity index is 1.86. The van der Waals surface area contributed by atoms with E-state index >= 15 is 0 Å². The lowest BCUT2D eigenvalue weighted by molar-refractivity contribution is 0.627. The molecular formula is C14H12Cl2FNS2. The van der Waals surface area contributed by atoms with Crippen molar-refractivity contribution in [3.63, 3.8) is 0 Å². The first kappa shape index (κ1) is 15.8. The fourth-order valence-corrected chi connectivity index (χ4v) is 3.97. The maximum Gasteiger partial charge on any atom is 0.125 e. The van der Waals surface area contributed by atoms with Gasteiger partial charge in [0.05, 0.1) is 5.02 Å². The summed E-state index contributed by atoms with van der Waals surface area (Å²) >= 11 is 15.3. The molecule has 0 aliphatic rings. The molecule has 1 nitrogen and oxygen atoms in total. The minimum atomic E-state index is -0.313. The Morgan fingerprint density at radius 1 is 0.950 bits per heavy atom. The van der Waals surface area contributed by atoms with Gasteiger partial charge in [-0.2, -0.15) is 0 Å². The normalized spacial score (nSPS) is 10.8. The summed E-state index contributed by atoms with van der Waals surface area (Å²) in [6.07, 6.45) is 0. The highest BCUT2D eigenvalue weighted by Gasteiger charge is 2.04. The van der Waals surface area contributed by atoms with Crippen molar-refractivity contribution in [3.05, 3.63) is 52.3 Å². The second-order valence-electron chi connectivity index (χ2n) is 3.95. The zero-order valence-electron chi connectivity index (χ0n) is 10.4. The van der Waals surface area contributed by atoms with Gasteiger partial charge in [-0.1, -0.05) is 23.2 Å². The number of anilines is 1. The summed E-state index contributed by atoms with van der Waals surface area (Å²) in [4.78, 5) is 1.86. The van der Waals surface area contributed by atoms with E-state index < -0.39 is 0 Å². The van der Waals surface area contributed by atoms with Crippen LogP contribution in [0.25, 0.3) is 0 Å². The third-order valence-corrected chi connectivity index (χ3v) is 5.55. The van der Waals surface area contributed by atoms with Gasteiger partial charge in [-0.25, -0.2) is 4.39 Å². The van der Waals surface area contributed by atoms with Crippen LogP contribution in [-0.2, 0) is 0 Å². The van der Waals surface area contributed by atoms with Crippen LogP contribution in [0.3, 0.4) is 0 Å². The van der Waals surface area contributed by atoms with Crippen LogP contribution in [0.4, 0.5) is 10.1 Å². The smallest absolute Gasteiger partial charge is 0.125 e. The SMILES string of the molecule is Nc1cc(F)ccc1SCCSc1cc(Cl)ccc1Cl. The van der Waals surface area contributed by atoms with Crippen LogP contribution in [0.5, 0.6) is 0 Å². The van der Waals surface area contributed by atoms with Gasteiger partial charge in [0.15, 0.2) is 0 Å². The van der Waals surface area contributed by atoms with Gasteiger partial charge in [0.1, 0.15) is 5.82 Å². The number of hydrogen-bond acceptors (Lipinski definition) is 3. The van der Waals surface area contributed by atoms with Crippen LogP contribution in [-0.4, -0.2) is 11.5 Å². The molecule has 0 aromatic heterocycles. The molecule has 2 aromatic rings. The number of hydrogen-bond donors (Lipinski definition) is 1. The largest absolute Gasteiger partial charge is 0.398 e. The van der Waals surface area contributed by atoms with Crippen LogP contribution >= 0.6 is 46.7 Å². The fourth-order valence-electron chi connectivity index (χ4n) is 1.54. The Kier molecular flexibility index (Phi) is 5.90. The van der Waals surface area contributed by atoms with Gasteiger partial charge in [-0.3, -0.25) is 0 Å². The van der Waals surface area contributed by atoms with E-state index in [1.54, 1.807) is 41.7 Å². The second kappa shape index (κ2) is 7.46. The standard InChI is InChI=1S/C14H12Cl2FNS2/c15-9-1-3-11(16)14(7-9)20-6-5-19-13-4-2-10(17)8-12(13)18/h1-4,7-8H,5-6,18H2. The van der Waals surface area contributed by atoms with Gasteiger partial charge in [0, 0.05) is 32.0 Å². The number of halogens is 3. The fraction of sp³-hybridized carbons (Fsp3) is 0.143. The molecule has 0 saturated carbocycles. The maximum atomic E-state index is 12.9. The predicted molar refractivity (Wildman–Crippen MR) is 88.7 cm³/mol. The molecule has 0 atom stereocenters. The van der Waals surface area contributed by atoms with E-state index in [0.29, 0.717) is 15.7 Å². The average Bonchev–Trinajstić information content (AvgIpc) is 2.40. The van der Waals surface area contributed by atoms with Crippen molar-refractivity contribution < 1.29 is 4.39 Å². The first-order valence-corrected chi connectivity index (χ1v) is 8.54. The molecule has 0 aliphatic carbocycles. The highest BCUT2D eigenvalue weighted by atomic mass is 35.5. The summed E-state index contributed by atoms with van der Waals surface area (Å²) in [7, 11) is 0. The van der Waals surface area contributed by atoms with Crippen LogP contribution in [0.15, 0.2) is 46.2 Å². The highest BCUT2D eigenvalue weighted by molar-refractivity contribution is 8.03. The Bertz CT molecular complexity index is 608. The lowest BCUT2D eigenvalue weighted by atomic mass is 10.3. The van der Waals surface area contributed by atoms with E-state index in [4.69, 9.17) is 28.9 Å². The average molecular weight is 348 g/mol. The first-order valence-electron chi connectivity index (χ1n) is 5.82. The molecule has 20 heavy (non-hydrogen) atoms. The zero-order chi connectivity index (χ0) is 14.5. The van der Waals surface area contributed by atoms with E-state index in [9.17, 15) is 4.39 Å². The molecule has 0 aliphatic heterocycles. The molecule has 2 N–H and O–H groups in total. The van der Waals surface area contributed by atoms with Gasteiger partial charge in [-0.05, 0) is 36.4 Å². The Labute approximate surface area is 136 Å². The van der Waals surface area contributed by atoms with E-state index in [1.165, 1.54) is 12.1 Å². The van der Waals surface area contributed by atoms with Crippen LogP contribution < -0.4 is 5.73 Å². The number of nitrogens with two attached hydrogens (primary N) is 1. The number of rotatable bonds is 5. The lowest BCUT2D eigenvalue weighted by Crippen LogP contribution is -1.92. The summed E-state index contributed by atoms with van der Waals surface area (Å²) in [6.45, 7) is 0. The van der Waals surface area contributed by atoms with E-state index in [-0.39, 0.29) is 5.82 Å². The Morgan fingerprint density at radius 2 is 1.65 bits per heavy atom. The van der Waals surface area contributed by atoms with Gasteiger partial charge in [-0.15, -0.1) is 23.5 Å². The molecule has 0 saturated heterocycles. The van der Waals surface area contributed by atoms with Crippen LogP contribution in [0, 0.1) is 5.82 Å². The number of benzene rings is 2. The molecule has 0 radical (unpaired) electrons. The van der Waals surface area contributed by atoms with Gasteiger partial charge in [0.2, 0.25) is 0 Å². The monoisotopic (exact) mass is 347 g/mol. The van der Waals surface area contributed by atoms with Crippen molar-refractivity contribution in [3.8, 4) is 0 Å². The molecule has 2 aromatic carbocycles. The van der Waals surface area contributed by atoms with Gasteiger partial charge < -0.3 is 5.73 Å². The van der Waals surface area contributed by atoms with Crippen molar-refractivity contribution in [1.82, 2.24) is 0 Å². The quantitative estimate of drug-likeness (QED) is 0.433. The van der Waals surface area contributed by atoms with Crippen molar-refractivity contribution in [2.24, 2.45) is 0 Å². The predicted octanol–water partition coefficient (Wildman–Crippen LogP) is 5.60. The van der Waals surface area contributed by atoms with Crippen LogP contribution in [0.2, 0.25) is 10.0 Å². The van der Waals surface area contributed by atoms with E-state index in [1.807, 2.05) is 6.07 Å². The second-order valence-corrected chi connectivity index (χ2v) is 7.07. The molecule has 0 spiro atoms. The van der Waals surface area contributed by atoms with Crippen molar-refractivity contribution in [2.75, 3.05) is 17.2 Å². The maximum absolute atomic E-state index is 12.9. The minimum absolute atomic E-state index is 0.313. The van der Waals surface area contributed by atoms with E-state index in [2.05, 4.69) is 0 Å². The van der Waals surface area contributed by atoms with Gasteiger partial charge in [0.25, 0.3) is 0 Å². The van der Waals surface area contributed by atoms with Crippen molar-refractivity contribution >= 4 is 52.4 Å². The lowest BCUT2D eigenvalue weighted by Gasteiger charge is -2.06. The van der Waals surface area contributed by atoms with Gasteiger partial charge >= 0.3 is 0 Å². The Hall–Kier alpha value is -0.550. The summed E-state index contributed by atoms with van der Waals surface area (Å²) < 4.78 is 12.9. The van der Waals surface area contributed by atoms with Crippen LogP contribution in [0.1, 0.15) is 0 Å². The third-order valence-electron chi connectivity index (χ3n) is 2.46. The zero-order valence-corrected chi connectivity index (χ0v) is 13.6. The molecular weight excluding hydrogens is 336 g/mol. The summed E-state index contributed by atoms with van der Waals surface area (Å²) in [6, 6.07) is 9.86. The molecule has 6 heteroatoms. The molecule has 0 bridgehead atoms. The number of nitrogen functional groups attached to an aromatic ring is 1. The molecule has 0 fully saturated rings. The number of thioether (sulfide) groups is 2. The summed E-state index contributed by atoms with van der Waals surface area (Å²) in [5, 5.41) is 1.37. The third kappa shape index (κ3) is 4.48. The molecule has 106 valence electrons. The first-order chi connectivity index (χ1) is 9.56. The van der Waals surface area contributed by atoms with Crippen molar-refractivity contribution in [1.29, 1.82) is 0 Å². The topological polar surface area (TPSA) is 26.0 Å². The Morgan fingerprint density at radius 3 is 2.35 bits per heavy atom. The van der Waals surface area contributed by atoms with E-state index in [0.717, 1.165) is 21.3 Å². The summed E-state index contributed by atoms with van der Waals surface area (Å²) in [5.74, 6) is 1.40. The molecule has 0 heterocycles. The minimum Gasteiger partial charge on any atom is -0.398 e. The van der Waals surface area contributed by atoms with Crippen molar-refractivity contribution in [2.45, 2.75) is 9.79 Å². The highest BCUT2D eigenvalue weighted by Crippen LogP contribution is 2.32. The molecule has 0 amide bonds.